The molecule has 19 heavy (non-hydrogen) atoms. The third-order valence-electron chi connectivity index (χ3n) is 2.45. The minimum Gasteiger partial charge on any atom is -0.478 e. The van der Waals surface area contributed by atoms with Gasteiger partial charge in [-0.1, -0.05) is 5.16 Å². The van der Waals surface area contributed by atoms with Gasteiger partial charge in [0, 0.05) is 10.2 Å². The largest absolute Gasteiger partial charge is 0.478 e. The molecule has 0 aliphatic rings. The molecule has 1 heterocycles. The summed E-state index contributed by atoms with van der Waals surface area (Å²) in [6.07, 6.45) is 1.31. The average Bonchev–Trinajstić information content (AvgIpc) is 2.77. The molecule has 2 N–H and O–H groups in total. The van der Waals surface area contributed by atoms with Crippen LogP contribution in [0.4, 0.5) is 5.69 Å². The van der Waals surface area contributed by atoms with E-state index >= 15 is 0 Å². The van der Waals surface area contributed by atoms with Gasteiger partial charge < -0.3 is 14.9 Å². The highest BCUT2D eigenvalue weighted by Gasteiger charge is 2.15. The standard InChI is InChI=1S/C12H9BrN2O4/c1-6-9(5-14-19-6)11(16)15-7-2-3-10(13)8(4-7)12(17)18/h2-5H,1H3,(H,15,16)(H,17,18). The first-order valence-corrected chi connectivity index (χ1v) is 6.04. The third kappa shape index (κ3) is 2.82. The molecule has 1 aromatic carbocycles. The first-order valence-electron chi connectivity index (χ1n) is 5.24. The van der Waals surface area contributed by atoms with Crippen molar-refractivity contribution in [2.24, 2.45) is 0 Å². The van der Waals surface area contributed by atoms with Gasteiger partial charge in [0.05, 0.1) is 11.8 Å². The average molecular weight is 325 g/mol. The first-order chi connectivity index (χ1) is 8.99. The molecule has 1 amide bonds. The zero-order valence-electron chi connectivity index (χ0n) is 9.81. The summed E-state index contributed by atoms with van der Waals surface area (Å²) in [7, 11) is 0. The molecule has 7 heteroatoms. The number of benzene rings is 1. The molecule has 2 rings (SSSR count). The van der Waals surface area contributed by atoms with Crippen molar-refractivity contribution >= 4 is 33.5 Å². The third-order valence-corrected chi connectivity index (χ3v) is 3.14. The summed E-state index contributed by atoms with van der Waals surface area (Å²) >= 11 is 3.13. The molecule has 6 nitrogen and oxygen atoms in total. The second kappa shape index (κ2) is 5.23. The number of carboxylic acids is 1. The number of carbonyl (C=O) groups is 2. The van der Waals surface area contributed by atoms with E-state index in [1.54, 1.807) is 19.1 Å². The zero-order valence-corrected chi connectivity index (χ0v) is 11.4. The van der Waals surface area contributed by atoms with E-state index in [0.717, 1.165) is 0 Å². The van der Waals surface area contributed by atoms with Crippen LogP contribution in [0, 0.1) is 6.92 Å². The van der Waals surface area contributed by atoms with Gasteiger partial charge in [-0.2, -0.15) is 0 Å². The zero-order chi connectivity index (χ0) is 14.0. The summed E-state index contributed by atoms with van der Waals surface area (Å²) in [6.45, 7) is 1.62. The van der Waals surface area contributed by atoms with Gasteiger partial charge in [-0.25, -0.2) is 4.79 Å². The Kier molecular flexibility index (Phi) is 3.66. The Morgan fingerprint density at radius 3 is 2.68 bits per heavy atom. The minimum absolute atomic E-state index is 0.0693. The molecule has 98 valence electrons. The highest BCUT2D eigenvalue weighted by Crippen LogP contribution is 2.21. The van der Waals surface area contributed by atoms with Gasteiger partial charge in [0.2, 0.25) is 0 Å². The molecule has 0 fully saturated rings. The maximum absolute atomic E-state index is 11.9. The summed E-state index contributed by atoms with van der Waals surface area (Å²) in [4.78, 5) is 22.9. The molecule has 0 unspecified atom stereocenters. The molecule has 0 saturated heterocycles. The van der Waals surface area contributed by atoms with Crippen LogP contribution in [0.1, 0.15) is 26.5 Å². The van der Waals surface area contributed by atoms with E-state index in [-0.39, 0.29) is 5.56 Å². The van der Waals surface area contributed by atoms with Gasteiger partial charge in [-0.3, -0.25) is 4.79 Å². The van der Waals surface area contributed by atoms with Crippen LogP contribution in [-0.2, 0) is 0 Å². The predicted molar refractivity (Wildman–Crippen MR) is 70.3 cm³/mol. The lowest BCUT2D eigenvalue weighted by Crippen LogP contribution is -2.12. The van der Waals surface area contributed by atoms with E-state index in [9.17, 15) is 9.59 Å². The van der Waals surface area contributed by atoms with Crippen LogP contribution in [-0.4, -0.2) is 22.1 Å². The smallest absolute Gasteiger partial charge is 0.336 e. The maximum Gasteiger partial charge on any atom is 0.336 e. The van der Waals surface area contributed by atoms with Gasteiger partial charge in [0.1, 0.15) is 11.3 Å². The molecule has 0 bridgehead atoms. The molecule has 0 aliphatic heterocycles. The van der Waals surface area contributed by atoms with Crippen molar-refractivity contribution in [3.05, 3.63) is 45.8 Å². The number of hydrogen-bond acceptors (Lipinski definition) is 4. The van der Waals surface area contributed by atoms with E-state index < -0.39 is 11.9 Å². The molecule has 0 spiro atoms. The lowest BCUT2D eigenvalue weighted by Gasteiger charge is -2.06. The minimum atomic E-state index is -1.08. The van der Waals surface area contributed by atoms with Crippen LogP contribution in [0.25, 0.3) is 0 Å². The first kappa shape index (κ1) is 13.3. The van der Waals surface area contributed by atoms with E-state index in [2.05, 4.69) is 26.4 Å². The van der Waals surface area contributed by atoms with Gasteiger partial charge in [0.25, 0.3) is 5.91 Å². The summed E-state index contributed by atoms with van der Waals surface area (Å²) in [5.74, 6) is -1.09. The number of carboxylic acid groups (broad SMARTS) is 1. The number of rotatable bonds is 3. The van der Waals surface area contributed by atoms with Crippen LogP contribution in [0.5, 0.6) is 0 Å². The Morgan fingerprint density at radius 1 is 1.37 bits per heavy atom. The van der Waals surface area contributed by atoms with E-state index in [4.69, 9.17) is 9.63 Å². The van der Waals surface area contributed by atoms with Crippen LogP contribution < -0.4 is 5.32 Å². The summed E-state index contributed by atoms with van der Waals surface area (Å²) in [6, 6.07) is 4.52. The number of halogens is 1. The number of nitrogens with one attached hydrogen (secondary N) is 1. The number of amides is 1. The molecular weight excluding hydrogens is 316 g/mol. The highest BCUT2D eigenvalue weighted by atomic mass is 79.9. The predicted octanol–water partition coefficient (Wildman–Crippen LogP) is 2.70. The normalized spacial score (nSPS) is 10.2. The highest BCUT2D eigenvalue weighted by molar-refractivity contribution is 9.10. The van der Waals surface area contributed by atoms with Crippen LogP contribution in [0.3, 0.4) is 0 Å². The monoisotopic (exact) mass is 324 g/mol. The SMILES string of the molecule is Cc1oncc1C(=O)Nc1ccc(Br)c(C(=O)O)c1. The van der Waals surface area contributed by atoms with E-state index in [1.807, 2.05) is 0 Å². The van der Waals surface area contributed by atoms with Gasteiger partial charge in [-0.05, 0) is 41.1 Å². The molecule has 0 saturated carbocycles. The number of anilines is 1. The van der Waals surface area contributed by atoms with Crippen molar-refractivity contribution in [3.63, 3.8) is 0 Å². The van der Waals surface area contributed by atoms with Crippen LogP contribution in [0.15, 0.2) is 33.4 Å². The fourth-order valence-electron chi connectivity index (χ4n) is 1.48. The maximum atomic E-state index is 11.9. The quantitative estimate of drug-likeness (QED) is 0.905. The second-order valence-electron chi connectivity index (χ2n) is 3.75. The number of nitrogens with zero attached hydrogens (tertiary/aromatic N) is 1. The fourth-order valence-corrected chi connectivity index (χ4v) is 1.90. The van der Waals surface area contributed by atoms with Crippen molar-refractivity contribution in [3.8, 4) is 0 Å². The van der Waals surface area contributed by atoms with Gasteiger partial charge in [0.15, 0.2) is 0 Å². The lowest BCUT2D eigenvalue weighted by molar-refractivity contribution is 0.0695. The number of aromatic carboxylic acids is 1. The van der Waals surface area contributed by atoms with Crippen molar-refractivity contribution in [2.75, 3.05) is 5.32 Å². The molecule has 0 aliphatic carbocycles. The lowest BCUT2D eigenvalue weighted by atomic mass is 10.2. The molecule has 0 radical (unpaired) electrons. The molecule has 2 aromatic rings. The second-order valence-corrected chi connectivity index (χ2v) is 4.60. The topological polar surface area (TPSA) is 92.4 Å². The Morgan fingerprint density at radius 2 is 2.11 bits per heavy atom. The van der Waals surface area contributed by atoms with Crippen molar-refractivity contribution in [2.45, 2.75) is 6.92 Å². The van der Waals surface area contributed by atoms with Gasteiger partial charge in [-0.15, -0.1) is 0 Å². The number of hydrogen-bond donors (Lipinski definition) is 2. The van der Waals surface area contributed by atoms with Crippen molar-refractivity contribution < 1.29 is 19.2 Å². The molecular formula is C12H9BrN2O4. The Hall–Kier alpha value is -2.15. The summed E-state index contributed by atoms with van der Waals surface area (Å²) in [5.41, 5.74) is 0.755. The van der Waals surface area contributed by atoms with Crippen LogP contribution in [0.2, 0.25) is 0 Å². The van der Waals surface area contributed by atoms with E-state index in [1.165, 1.54) is 12.3 Å². The molecule has 0 atom stereocenters. The fraction of sp³-hybridized carbons (Fsp3) is 0.0833. The van der Waals surface area contributed by atoms with Crippen molar-refractivity contribution in [1.29, 1.82) is 0 Å². The number of aryl methyl sites for hydroxylation is 1. The summed E-state index contributed by atoms with van der Waals surface area (Å²) < 4.78 is 5.24. The Balaban J connectivity index is 2.25. The van der Waals surface area contributed by atoms with Crippen LogP contribution >= 0.6 is 15.9 Å². The van der Waals surface area contributed by atoms with E-state index in [0.29, 0.717) is 21.5 Å². The molecule has 1 aromatic heterocycles. The number of carbonyl (C=O) groups excluding carboxylic acids is 1. The number of aromatic nitrogens is 1. The Bertz CT molecular complexity index is 651. The van der Waals surface area contributed by atoms with Gasteiger partial charge >= 0.3 is 5.97 Å². The Labute approximate surface area is 116 Å². The summed E-state index contributed by atoms with van der Waals surface area (Å²) in [5, 5.41) is 15.1. The van der Waals surface area contributed by atoms with Crippen molar-refractivity contribution in [1.82, 2.24) is 5.16 Å².